The zero-order valence-corrected chi connectivity index (χ0v) is 11.6. The standard InChI is InChI=1S/C15H25NO2/c1-10-7-11(2)14-9-15(17-5-6-18-15)8-12-3-4-13(10)16(12)14/h10-14H,3-9H2,1-2H3/t10-,11-,12+,13+,14+/m1/s1. The summed E-state index contributed by atoms with van der Waals surface area (Å²) >= 11 is 0. The summed E-state index contributed by atoms with van der Waals surface area (Å²) in [5.74, 6) is 1.46. The number of hydrogen-bond donors (Lipinski definition) is 0. The lowest BCUT2D eigenvalue weighted by molar-refractivity contribution is -0.219. The van der Waals surface area contributed by atoms with Crippen LogP contribution in [0.2, 0.25) is 0 Å². The molecule has 18 heavy (non-hydrogen) atoms. The minimum Gasteiger partial charge on any atom is -0.347 e. The van der Waals surface area contributed by atoms with Crippen molar-refractivity contribution in [1.82, 2.24) is 4.90 Å². The molecule has 0 unspecified atom stereocenters. The fraction of sp³-hybridized carbons (Fsp3) is 1.00. The summed E-state index contributed by atoms with van der Waals surface area (Å²) in [4.78, 5) is 2.86. The van der Waals surface area contributed by atoms with Gasteiger partial charge in [0.15, 0.2) is 5.79 Å². The summed E-state index contributed by atoms with van der Waals surface area (Å²) in [5, 5.41) is 0. The molecule has 3 heteroatoms. The highest BCUT2D eigenvalue weighted by atomic mass is 16.7. The summed E-state index contributed by atoms with van der Waals surface area (Å²) in [6.45, 7) is 6.48. The first-order valence-corrected chi connectivity index (χ1v) is 7.74. The second-order valence-corrected chi connectivity index (χ2v) is 7.02. The van der Waals surface area contributed by atoms with E-state index in [1.807, 2.05) is 0 Å². The normalized spacial score (nSPS) is 50.7. The Bertz CT molecular complexity index is 339. The van der Waals surface area contributed by atoms with Crippen molar-refractivity contribution in [2.75, 3.05) is 13.2 Å². The molecule has 4 rings (SSSR count). The fourth-order valence-corrected chi connectivity index (χ4v) is 5.23. The first-order chi connectivity index (χ1) is 8.69. The zero-order valence-electron chi connectivity index (χ0n) is 11.6. The molecule has 0 bridgehead atoms. The lowest BCUT2D eigenvalue weighted by Gasteiger charge is -2.54. The van der Waals surface area contributed by atoms with Gasteiger partial charge in [0, 0.05) is 31.0 Å². The summed E-state index contributed by atoms with van der Waals surface area (Å²) in [6, 6.07) is 2.26. The van der Waals surface area contributed by atoms with E-state index in [1.54, 1.807) is 0 Å². The molecule has 0 N–H and O–H groups in total. The summed E-state index contributed by atoms with van der Waals surface area (Å²) in [6.07, 6.45) is 6.35. The van der Waals surface area contributed by atoms with E-state index in [9.17, 15) is 0 Å². The number of rotatable bonds is 0. The van der Waals surface area contributed by atoms with Gasteiger partial charge >= 0.3 is 0 Å². The van der Waals surface area contributed by atoms with Crippen LogP contribution in [0.15, 0.2) is 0 Å². The molecule has 0 aromatic rings. The van der Waals surface area contributed by atoms with Crippen LogP contribution < -0.4 is 0 Å². The third kappa shape index (κ3) is 1.53. The van der Waals surface area contributed by atoms with E-state index < -0.39 is 0 Å². The Kier molecular flexibility index (Phi) is 2.56. The number of piperidine rings is 2. The van der Waals surface area contributed by atoms with Crippen LogP contribution in [0.5, 0.6) is 0 Å². The molecular formula is C15H25NO2. The minimum atomic E-state index is -0.213. The monoisotopic (exact) mass is 251 g/mol. The molecule has 102 valence electrons. The third-order valence-electron chi connectivity index (χ3n) is 5.92. The van der Waals surface area contributed by atoms with Crippen molar-refractivity contribution in [1.29, 1.82) is 0 Å². The van der Waals surface area contributed by atoms with Gasteiger partial charge in [0.05, 0.1) is 13.2 Å². The molecule has 4 aliphatic heterocycles. The molecule has 3 nitrogen and oxygen atoms in total. The van der Waals surface area contributed by atoms with Crippen LogP contribution in [-0.2, 0) is 9.47 Å². The molecule has 0 saturated carbocycles. The summed E-state index contributed by atoms with van der Waals surface area (Å²) < 4.78 is 12.0. The molecule has 0 amide bonds. The number of hydrogen-bond acceptors (Lipinski definition) is 3. The van der Waals surface area contributed by atoms with Crippen molar-refractivity contribution in [2.45, 2.75) is 69.9 Å². The van der Waals surface area contributed by atoms with Crippen molar-refractivity contribution >= 4 is 0 Å². The largest absolute Gasteiger partial charge is 0.347 e. The van der Waals surface area contributed by atoms with Gasteiger partial charge in [0.25, 0.3) is 0 Å². The Morgan fingerprint density at radius 2 is 1.67 bits per heavy atom. The molecule has 1 spiro atoms. The Morgan fingerprint density at radius 1 is 0.944 bits per heavy atom. The molecule has 4 saturated heterocycles. The Morgan fingerprint density at radius 3 is 2.44 bits per heavy atom. The van der Waals surface area contributed by atoms with E-state index >= 15 is 0 Å². The van der Waals surface area contributed by atoms with E-state index in [2.05, 4.69) is 18.7 Å². The first kappa shape index (κ1) is 11.7. The van der Waals surface area contributed by atoms with Gasteiger partial charge in [-0.25, -0.2) is 0 Å². The van der Waals surface area contributed by atoms with Crippen molar-refractivity contribution in [3.05, 3.63) is 0 Å². The molecule has 0 aromatic carbocycles. The maximum Gasteiger partial charge on any atom is 0.171 e. The van der Waals surface area contributed by atoms with E-state index in [-0.39, 0.29) is 5.79 Å². The Labute approximate surface area is 110 Å². The SMILES string of the molecule is C[C@@H]1C[C@@H](C)[C@@H]2CC3(C[C@@H]4CC[C@@H]1N42)OCCO3. The lowest BCUT2D eigenvalue weighted by Crippen LogP contribution is -2.61. The van der Waals surface area contributed by atoms with Crippen LogP contribution >= 0.6 is 0 Å². The van der Waals surface area contributed by atoms with Crippen molar-refractivity contribution in [3.8, 4) is 0 Å². The maximum absolute atomic E-state index is 6.01. The average Bonchev–Trinajstić information content (AvgIpc) is 2.94. The Hall–Kier alpha value is -0.120. The van der Waals surface area contributed by atoms with Gasteiger partial charge in [0.1, 0.15) is 0 Å². The molecule has 0 aliphatic carbocycles. The fourth-order valence-electron chi connectivity index (χ4n) is 5.23. The van der Waals surface area contributed by atoms with Crippen LogP contribution in [-0.4, -0.2) is 42.0 Å². The van der Waals surface area contributed by atoms with Gasteiger partial charge in [-0.1, -0.05) is 13.8 Å². The van der Waals surface area contributed by atoms with Gasteiger partial charge < -0.3 is 9.47 Å². The van der Waals surface area contributed by atoms with Gasteiger partial charge in [-0.3, -0.25) is 4.90 Å². The number of nitrogens with zero attached hydrogens (tertiary/aromatic N) is 1. The second-order valence-electron chi connectivity index (χ2n) is 7.02. The predicted molar refractivity (Wildman–Crippen MR) is 69.3 cm³/mol. The average molecular weight is 251 g/mol. The van der Waals surface area contributed by atoms with E-state index in [0.29, 0.717) is 6.04 Å². The first-order valence-electron chi connectivity index (χ1n) is 7.74. The highest BCUT2D eigenvalue weighted by Gasteiger charge is 2.56. The van der Waals surface area contributed by atoms with Crippen LogP contribution in [0, 0.1) is 11.8 Å². The topological polar surface area (TPSA) is 21.7 Å². The summed E-state index contributed by atoms with van der Waals surface area (Å²) in [5.41, 5.74) is 0. The Balaban J connectivity index is 1.65. The molecule has 5 atom stereocenters. The van der Waals surface area contributed by atoms with Crippen LogP contribution in [0.4, 0.5) is 0 Å². The highest BCUT2D eigenvalue weighted by molar-refractivity contribution is 5.06. The van der Waals surface area contributed by atoms with Crippen LogP contribution in [0.25, 0.3) is 0 Å². The molecule has 0 aromatic heterocycles. The van der Waals surface area contributed by atoms with Crippen LogP contribution in [0.1, 0.15) is 46.0 Å². The van der Waals surface area contributed by atoms with Crippen LogP contribution in [0.3, 0.4) is 0 Å². The maximum atomic E-state index is 6.01. The van der Waals surface area contributed by atoms with Gasteiger partial charge in [-0.05, 0) is 31.1 Å². The molecule has 0 radical (unpaired) electrons. The van der Waals surface area contributed by atoms with E-state index in [1.165, 1.54) is 19.3 Å². The van der Waals surface area contributed by atoms with Gasteiger partial charge in [-0.2, -0.15) is 0 Å². The van der Waals surface area contributed by atoms with Gasteiger partial charge in [0.2, 0.25) is 0 Å². The van der Waals surface area contributed by atoms with Gasteiger partial charge in [-0.15, -0.1) is 0 Å². The number of ether oxygens (including phenoxy) is 2. The lowest BCUT2D eigenvalue weighted by atomic mass is 9.75. The quantitative estimate of drug-likeness (QED) is 0.660. The van der Waals surface area contributed by atoms with Crippen molar-refractivity contribution in [3.63, 3.8) is 0 Å². The molecule has 4 fully saturated rings. The van der Waals surface area contributed by atoms with E-state index in [0.717, 1.165) is 50.0 Å². The highest BCUT2D eigenvalue weighted by Crippen LogP contribution is 2.50. The second kappa shape index (κ2) is 3.94. The minimum absolute atomic E-state index is 0.213. The molecule has 4 aliphatic rings. The molecule has 4 heterocycles. The van der Waals surface area contributed by atoms with Crippen molar-refractivity contribution in [2.24, 2.45) is 11.8 Å². The summed E-state index contributed by atoms with van der Waals surface area (Å²) in [7, 11) is 0. The van der Waals surface area contributed by atoms with Crippen molar-refractivity contribution < 1.29 is 9.47 Å². The molecular weight excluding hydrogens is 226 g/mol. The smallest absolute Gasteiger partial charge is 0.171 e. The predicted octanol–water partition coefficient (Wildman–Crippen LogP) is 2.40. The van der Waals surface area contributed by atoms with E-state index in [4.69, 9.17) is 9.47 Å². The zero-order chi connectivity index (χ0) is 12.3. The third-order valence-corrected chi connectivity index (χ3v) is 5.92.